The standard InChI is InChI=1S/C26H24FN3O5/c1-29-14-18(24(30(32)33)26(29)19-8-4-6-10-21(19)28-25(26)31)16-11-12-22(23(13-16)34-2)35-15-17-7-3-5-9-20(17)27/h3-13,18,24H,14-15H2,1-2H3,(H,28,31)/t18-,24+,26-/m0/s1. The summed E-state index contributed by atoms with van der Waals surface area (Å²) in [6.45, 7) is 0.304. The van der Waals surface area contributed by atoms with Crippen LogP contribution in [0.2, 0.25) is 0 Å². The van der Waals surface area contributed by atoms with Gasteiger partial charge in [0, 0.05) is 28.3 Å². The number of ether oxygens (including phenoxy) is 2. The van der Waals surface area contributed by atoms with Gasteiger partial charge in [-0.05, 0) is 36.9 Å². The number of amides is 1. The van der Waals surface area contributed by atoms with E-state index in [1.54, 1.807) is 72.6 Å². The molecule has 0 unspecified atom stereocenters. The van der Waals surface area contributed by atoms with Crippen molar-refractivity contribution in [2.75, 3.05) is 26.0 Å². The first-order valence-corrected chi connectivity index (χ1v) is 11.2. The highest BCUT2D eigenvalue weighted by atomic mass is 19.1. The molecule has 180 valence electrons. The number of fused-ring (bicyclic) bond motifs is 2. The van der Waals surface area contributed by atoms with Crippen molar-refractivity contribution >= 4 is 11.6 Å². The highest BCUT2D eigenvalue weighted by Gasteiger charge is 2.68. The number of nitrogens with one attached hydrogen (secondary N) is 1. The molecule has 3 aromatic rings. The first-order valence-electron chi connectivity index (χ1n) is 11.2. The summed E-state index contributed by atoms with van der Waals surface area (Å²) in [5.41, 5.74) is 0.831. The van der Waals surface area contributed by atoms with Crippen LogP contribution in [0, 0.1) is 15.9 Å². The number of benzene rings is 3. The van der Waals surface area contributed by atoms with E-state index in [9.17, 15) is 19.3 Å². The van der Waals surface area contributed by atoms with Gasteiger partial charge in [0.2, 0.25) is 0 Å². The maximum Gasteiger partial charge on any atom is 0.256 e. The van der Waals surface area contributed by atoms with Gasteiger partial charge in [0.1, 0.15) is 12.4 Å². The zero-order valence-corrected chi connectivity index (χ0v) is 19.2. The van der Waals surface area contributed by atoms with Crippen molar-refractivity contribution in [3.05, 3.63) is 99.4 Å². The molecule has 3 atom stereocenters. The number of carbonyl (C=O) groups is 1. The SMILES string of the molecule is COc1cc([C@@H]2CN(C)[C@]3(C(=O)Nc4ccccc43)[C@@H]2[N+](=O)[O-])ccc1OCc1ccccc1F. The van der Waals surface area contributed by atoms with Crippen molar-refractivity contribution < 1.29 is 23.6 Å². The molecular formula is C26H24FN3O5. The highest BCUT2D eigenvalue weighted by Crippen LogP contribution is 2.52. The fraction of sp³-hybridized carbons (Fsp3) is 0.269. The average Bonchev–Trinajstić information content (AvgIpc) is 3.33. The average molecular weight is 477 g/mol. The van der Waals surface area contributed by atoms with E-state index >= 15 is 0 Å². The number of hydrogen-bond acceptors (Lipinski definition) is 6. The van der Waals surface area contributed by atoms with Crippen LogP contribution >= 0.6 is 0 Å². The Balaban J connectivity index is 1.50. The van der Waals surface area contributed by atoms with Gasteiger partial charge in [-0.2, -0.15) is 0 Å². The number of nitro groups is 1. The minimum atomic E-state index is -1.42. The van der Waals surface area contributed by atoms with Crippen molar-refractivity contribution in [1.29, 1.82) is 0 Å². The molecule has 0 bridgehead atoms. The second kappa shape index (κ2) is 8.66. The number of para-hydroxylation sites is 1. The van der Waals surface area contributed by atoms with E-state index in [0.717, 1.165) is 0 Å². The van der Waals surface area contributed by atoms with Crippen molar-refractivity contribution in [1.82, 2.24) is 4.90 Å². The van der Waals surface area contributed by atoms with Gasteiger partial charge in [0.05, 0.1) is 13.0 Å². The molecule has 0 radical (unpaired) electrons. The molecule has 1 saturated heterocycles. The lowest BCUT2D eigenvalue weighted by molar-refractivity contribution is -0.534. The summed E-state index contributed by atoms with van der Waals surface area (Å²) >= 11 is 0. The number of carbonyl (C=O) groups excluding carboxylic acids is 1. The molecule has 1 amide bonds. The Morgan fingerprint density at radius 1 is 1.14 bits per heavy atom. The number of likely N-dealkylation sites (tertiary alicyclic amines) is 1. The highest BCUT2D eigenvalue weighted by molar-refractivity contribution is 6.06. The maximum absolute atomic E-state index is 14.0. The van der Waals surface area contributed by atoms with Crippen LogP contribution in [0.1, 0.15) is 22.6 Å². The van der Waals surface area contributed by atoms with Gasteiger partial charge in [-0.3, -0.25) is 19.8 Å². The largest absolute Gasteiger partial charge is 0.493 e. The second-order valence-electron chi connectivity index (χ2n) is 8.77. The lowest BCUT2D eigenvalue weighted by Crippen LogP contribution is -2.54. The molecule has 0 aliphatic carbocycles. The summed E-state index contributed by atoms with van der Waals surface area (Å²) in [6, 6.07) is 17.3. The molecule has 0 aromatic heterocycles. The van der Waals surface area contributed by atoms with Crippen molar-refractivity contribution in [2.45, 2.75) is 24.1 Å². The number of hydrogen-bond donors (Lipinski definition) is 1. The third-order valence-electron chi connectivity index (χ3n) is 7.00. The van der Waals surface area contributed by atoms with Gasteiger partial charge in [-0.25, -0.2) is 4.39 Å². The summed E-state index contributed by atoms with van der Waals surface area (Å²) in [6.07, 6.45) is 0. The molecule has 3 aromatic carbocycles. The van der Waals surface area contributed by atoms with Crippen LogP contribution in [-0.4, -0.2) is 42.5 Å². The molecule has 9 heteroatoms. The molecular weight excluding hydrogens is 453 g/mol. The van der Waals surface area contributed by atoms with Crippen LogP contribution in [-0.2, 0) is 16.9 Å². The molecule has 1 fully saturated rings. The molecule has 0 saturated carbocycles. The quantitative estimate of drug-likeness (QED) is 0.427. The Hall–Kier alpha value is -3.98. The van der Waals surface area contributed by atoms with Crippen LogP contribution in [0.5, 0.6) is 11.5 Å². The van der Waals surface area contributed by atoms with Gasteiger partial charge in [-0.15, -0.1) is 0 Å². The van der Waals surface area contributed by atoms with Crippen LogP contribution in [0.15, 0.2) is 66.7 Å². The lowest BCUT2D eigenvalue weighted by atomic mass is 9.79. The predicted molar refractivity (Wildman–Crippen MR) is 127 cm³/mol. The first-order chi connectivity index (χ1) is 16.9. The summed E-state index contributed by atoms with van der Waals surface area (Å²) in [5.74, 6) is -0.585. The fourth-order valence-corrected chi connectivity index (χ4v) is 5.39. The number of halogens is 1. The Bertz CT molecular complexity index is 1320. The summed E-state index contributed by atoms with van der Waals surface area (Å²) in [4.78, 5) is 27.1. The van der Waals surface area contributed by atoms with Gasteiger partial charge in [0.15, 0.2) is 17.0 Å². The Labute approximate surface area is 201 Å². The molecule has 2 aliphatic rings. The topological polar surface area (TPSA) is 93.9 Å². The minimum Gasteiger partial charge on any atom is -0.493 e. The van der Waals surface area contributed by atoms with Crippen LogP contribution in [0.25, 0.3) is 0 Å². The third-order valence-corrected chi connectivity index (χ3v) is 7.00. The van der Waals surface area contributed by atoms with E-state index in [-0.39, 0.29) is 17.3 Å². The van der Waals surface area contributed by atoms with E-state index in [2.05, 4.69) is 5.32 Å². The molecule has 2 aliphatic heterocycles. The van der Waals surface area contributed by atoms with E-state index in [1.807, 2.05) is 0 Å². The number of anilines is 1. The van der Waals surface area contributed by atoms with E-state index in [4.69, 9.17) is 9.47 Å². The summed E-state index contributed by atoms with van der Waals surface area (Å²) in [5, 5.41) is 15.3. The number of nitrogens with zero attached hydrogens (tertiary/aromatic N) is 2. The van der Waals surface area contributed by atoms with E-state index in [1.165, 1.54) is 13.2 Å². The van der Waals surface area contributed by atoms with E-state index < -0.39 is 23.4 Å². The molecule has 1 spiro atoms. The monoisotopic (exact) mass is 477 g/mol. The third kappa shape index (κ3) is 3.50. The Morgan fingerprint density at radius 3 is 2.63 bits per heavy atom. The Morgan fingerprint density at radius 2 is 1.89 bits per heavy atom. The molecule has 1 N–H and O–H groups in total. The fourth-order valence-electron chi connectivity index (χ4n) is 5.39. The normalized spacial score (nSPS) is 23.2. The first kappa shape index (κ1) is 22.8. The number of likely N-dealkylation sites (N-methyl/N-ethyl adjacent to an activating group) is 1. The lowest BCUT2D eigenvalue weighted by Gasteiger charge is -2.30. The summed E-state index contributed by atoms with van der Waals surface area (Å²) < 4.78 is 25.3. The van der Waals surface area contributed by atoms with Gasteiger partial charge < -0.3 is 14.8 Å². The van der Waals surface area contributed by atoms with Gasteiger partial charge in [-0.1, -0.05) is 42.5 Å². The van der Waals surface area contributed by atoms with Crippen molar-refractivity contribution in [2.24, 2.45) is 0 Å². The smallest absolute Gasteiger partial charge is 0.256 e. The molecule has 8 nitrogen and oxygen atoms in total. The van der Waals surface area contributed by atoms with Gasteiger partial charge in [0.25, 0.3) is 11.9 Å². The van der Waals surface area contributed by atoms with E-state index in [0.29, 0.717) is 40.4 Å². The van der Waals surface area contributed by atoms with Crippen LogP contribution in [0.3, 0.4) is 0 Å². The maximum atomic E-state index is 14.0. The zero-order valence-electron chi connectivity index (χ0n) is 19.2. The minimum absolute atomic E-state index is 0.00609. The molecule has 5 rings (SSSR count). The van der Waals surface area contributed by atoms with Gasteiger partial charge >= 0.3 is 0 Å². The van der Waals surface area contributed by atoms with Crippen LogP contribution < -0.4 is 14.8 Å². The van der Waals surface area contributed by atoms with Crippen molar-refractivity contribution in [3.63, 3.8) is 0 Å². The van der Waals surface area contributed by atoms with Crippen molar-refractivity contribution in [3.8, 4) is 11.5 Å². The summed E-state index contributed by atoms with van der Waals surface area (Å²) in [7, 11) is 3.21. The second-order valence-corrected chi connectivity index (χ2v) is 8.77. The predicted octanol–water partition coefficient (Wildman–Crippen LogP) is 3.94. The molecule has 35 heavy (non-hydrogen) atoms. The number of rotatable bonds is 6. The number of methoxy groups -OCH3 is 1. The van der Waals surface area contributed by atoms with Crippen LogP contribution in [0.4, 0.5) is 10.1 Å². The zero-order chi connectivity index (χ0) is 24.7. The Kier molecular flexibility index (Phi) is 5.64. The molecule has 2 heterocycles.